The molecule has 0 saturated carbocycles. The first kappa shape index (κ1) is 13.8. The maximum absolute atomic E-state index is 13.9. The number of likely N-dealkylation sites (tertiary alicyclic amines) is 1. The summed E-state index contributed by atoms with van der Waals surface area (Å²) in [5, 5.41) is 8.75. The van der Waals surface area contributed by atoms with Gasteiger partial charge in [-0.2, -0.15) is 5.26 Å². The molecule has 0 amide bonds. The number of hydrogen-bond donors (Lipinski definition) is 0. The van der Waals surface area contributed by atoms with Crippen molar-refractivity contribution in [2.75, 3.05) is 31.6 Å². The largest absolute Gasteiger partial charge is 0.371 e. The molecule has 1 aliphatic heterocycles. The number of nitriles is 1. The van der Waals surface area contributed by atoms with Crippen LogP contribution in [0, 0.1) is 17.1 Å². The van der Waals surface area contributed by atoms with E-state index in [0.717, 1.165) is 19.6 Å². The quantitative estimate of drug-likeness (QED) is 0.834. The molecule has 1 fully saturated rings. The van der Waals surface area contributed by atoms with Gasteiger partial charge in [-0.3, -0.25) is 4.90 Å². The van der Waals surface area contributed by atoms with Crippen molar-refractivity contribution in [2.24, 2.45) is 0 Å². The summed E-state index contributed by atoms with van der Waals surface area (Å²) in [6, 6.07) is 7.13. The Bertz CT molecular complexity index is 481. The van der Waals surface area contributed by atoms with Gasteiger partial charge in [0, 0.05) is 19.6 Å². The molecule has 1 aromatic carbocycles. The Balaban J connectivity index is 2.07. The van der Waals surface area contributed by atoms with Gasteiger partial charge < -0.3 is 4.90 Å². The molecule has 4 heteroatoms. The van der Waals surface area contributed by atoms with E-state index in [4.69, 9.17) is 5.26 Å². The van der Waals surface area contributed by atoms with E-state index in [1.54, 1.807) is 12.1 Å². The lowest BCUT2D eigenvalue weighted by atomic mass is 10.1. The molecule has 1 aliphatic rings. The third-order valence-electron chi connectivity index (χ3n) is 3.88. The van der Waals surface area contributed by atoms with Crippen LogP contribution < -0.4 is 4.90 Å². The number of nitrogens with zero attached hydrogens (tertiary/aromatic N) is 3. The molecular weight excluding hydrogens is 241 g/mol. The second kappa shape index (κ2) is 6.03. The van der Waals surface area contributed by atoms with E-state index >= 15 is 0 Å². The molecule has 19 heavy (non-hydrogen) atoms. The summed E-state index contributed by atoms with van der Waals surface area (Å²) in [6.45, 7) is 5.19. The minimum Gasteiger partial charge on any atom is -0.371 e. The molecule has 1 aromatic rings. The lowest BCUT2D eigenvalue weighted by Gasteiger charge is -2.29. The third kappa shape index (κ3) is 3.05. The zero-order valence-corrected chi connectivity index (χ0v) is 11.6. The van der Waals surface area contributed by atoms with Gasteiger partial charge >= 0.3 is 0 Å². The van der Waals surface area contributed by atoms with Gasteiger partial charge in [-0.15, -0.1) is 0 Å². The van der Waals surface area contributed by atoms with Gasteiger partial charge in [0.15, 0.2) is 0 Å². The van der Waals surface area contributed by atoms with Crippen LogP contribution in [0.5, 0.6) is 0 Å². The summed E-state index contributed by atoms with van der Waals surface area (Å²) in [5.74, 6) is -0.317. The Hall–Kier alpha value is -1.60. The first-order valence-electron chi connectivity index (χ1n) is 6.80. The van der Waals surface area contributed by atoms with E-state index in [2.05, 4.69) is 11.8 Å². The average molecular weight is 261 g/mol. The van der Waals surface area contributed by atoms with E-state index in [9.17, 15) is 4.39 Å². The summed E-state index contributed by atoms with van der Waals surface area (Å²) in [4.78, 5) is 4.40. The first-order valence-corrected chi connectivity index (χ1v) is 6.80. The van der Waals surface area contributed by atoms with E-state index in [1.165, 1.54) is 18.9 Å². The Morgan fingerprint density at radius 1 is 1.53 bits per heavy atom. The van der Waals surface area contributed by atoms with Crippen molar-refractivity contribution >= 4 is 5.69 Å². The molecule has 2 rings (SSSR count). The number of benzene rings is 1. The van der Waals surface area contributed by atoms with Crippen molar-refractivity contribution in [3.05, 3.63) is 29.6 Å². The second-order valence-electron chi connectivity index (χ2n) is 5.08. The van der Waals surface area contributed by atoms with Crippen molar-refractivity contribution in [2.45, 2.75) is 25.8 Å². The van der Waals surface area contributed by atoms with Crippen molar-refractivity contribution in [3.8, 4) is 6.07 Å². The molecule has 0 radical (unpaired) electrons. The van der Waals surface area contributed by atoms with Crippen LogP contribution in [0.3, 0.4) is 0 Å². The molecule has 102 valence electrons. The Morgan fingerprint density at radius 3 is 2.95 bits per heavy atom. The highest BCUT2D eigenvalue weighted by molar-refractivity contribution is 5.50. The number of rotatable bonds is 4. The topological polar surface area (TPSA) is 30.3 Å². The maximum Gasteiger partial charge on any atom is 0.147 e. The smallest absolute Gasteiger partial charge is 0.147 e. The monoisotopic (exact) mass is 261 g/mol. The molecule has 1 unspecified atom stereocenters. The van der Waals surface area contributed by atoms with Gasteiger partial charge in [-0.05, 0) is 44.1 Å². The molecule has 0 spiro atoms. The highest BCUT2D eigenvalue weighted by Crippen LogP contribution is 2.23. The normalized spacial score (nSPS) is 19.4. The molecule has 0 bridgehead atoms. The molecule has 1 atom stereocenters. The van der Waals surface area contributed by atoms with Crippen LogP contribution in [0.4, 0.5) is 10.1 Å². The maximum atomic E-state index is 13.9. The fourth-order valence-corrected chi connectivity index (χ4v) is 2.82. The number of hydrogen-bond acceptors (Lipinski definition) is 3. The van der Waals surface area contributed by atoms with E-state index in [0.29, 0.717) is 17.3 Å². The molecule has 1 heterocycles. The molecule has 3 nitrogen and oxygen atoms in total. The van der Waals surface area contributed by atoms with Crippen molar-refractivity contribution in [1.82, 2.24) is 4.90 Å². The van der Waals surface area contributed by atoms with E-state index < -0.39 is 0 Å². The predicted octanol–water partition coefficient (Wildman–Crippen LogP) is 2.62. The minimum atomic E-state index is -0.317. The Kier molecular flexibility index (Phi) is 4.39. The van der Waals surface area contributed by atoms with Crippen LogP contribution in [0.2, 0.25) is 0 Å². The standard InChI is InChI=1S/C15H20FN3/c1-3-19-8-4-5-13(19)11-18(2)15-7-6-12(10-17)9-14(15)16/h6-7,9,13H,3-5,8,11H2,1-2H3. The van der Waals surface area contributed by atoms with Crippen LogP contribution in [0.1, 0.15) is 25.3 Å². The number of anilines is 1. The summed E-state index contributed by atoms with van der Waals surface area (Å²) in [6.07, 6.45) is 2.40. The van der Waals surface area contributed by atoms with E-state index in [-0.39, 0.29) is 5.82 Å². The fraction of sp³-hybridized carbons (Fsp3) is 0.533. The van der Waals surface area contributed by atoms with Crippen LogP contribution in [0.25, 0.3) is 0 Å². The summed E-state index contributed by atoms with van der Waals surface area (Å²) >= 11 is 0. The van der Waals surface area contributed by atoms with Crippen molar-refractivity contribution in [1.29, 1.82) is 5.26 Å². The number of likely N-dealkylation sites (N-methyl/N-ethyl adjacent to an activating group) is 2. The van der Waals surface area contributed by atoms with Crippen LogP contribution >= 0.6 is 0 Å². The van der Waals surface area contributed by atoms with Gasteiger partial charge in [0.1, 0.15) is 5.82 Å². The molecule has 0 N–H and O–H groups in total. The number of halogens is 1. The highest BCUT2D eigenvalue weighted by atomic mass is 19.1. The molecule has 1 saturated heterocycles. The average Bonchev–Trinajstić information content (AvgIpc) is 2.85. The lowest BCUT2D eigenvalue weighted by molar-refractivity contribution is 0.270. The van der Waals surface area contributed by atoms with Crippen molar-refractivity contribution < 1.29 is 4.39 Å². The second-order valence-corrected chi connectivity index (χ2v) is 5.08. The summed E-state index contributed by atoms with van der Waals surface area (Å²) in [7, 11) is 1.91. The zero-order chi connectivity index (χ0) is 13.8. The minimum absolute atomic E-state index is 0.317. The summed E-state index contributed by atoms with van der Waals surface area (Å²) in [5.41, 5.74) is 0.938. The highest BCUT2D eigenvalue weighted by Gasteiger charge is 2.24. The van der Waals surface area contributed by atoms with Crippen LogP contribution in [-0.4, -0.2) is 37.6 Å². The Labute approximate surface area is 114 Å². The third-order valence-corrected chi connectivity index (χ3v) is 3.88. The van der Waals surface area contributed by atoms with Gasteiger partial charge in [0.25, 0.3) is 0 Å². The fourth-order valence-electron chi connectivity index (χ4n) is 2.82. The van der Waals surface area contributed by atoms with Gasteiger partial charge in [-0.25, -0.2) is 4.39 Å². The summed E-state index contributed by atoms with van der Waals surface area (Å²) < 4.78 is 13.9. The Morgan fingerprint density at radius 2 is 2.32 bits per heavy atom. The molecule has 0 aromatic heterocycles. The van der Waals surface area contributed by atoms with Crippen LogP contribution in [-0.2, 0) is 0 Å². The predicted molar refractivity (Wildman–Crippen MR) is 74.7 cm³/mol. The zero-order valence-electron chi connectivity index (χ0n) is 11.6. The first-order chi connectivity index (χ1) is 9.15. The molecular formula is C15H20FN3. The van der Waals surface area contributed by atoms with Gasteiger partial charge in [0.05, 0.1) is 17.3 Å². The van der Waals surface area contributed by atoms with Gasteiger partial charge in [0.2, 0.25) is 0 Å². The SMILES string of the molecule is CCN1CCCC1CN(C)c1ccc(C#N)cc1F. The van der Waals surface area contributed by atoms with Crippen LogP contribution in [0.15, 0.2) is 18.2 Å². The lowest BCUT2D eigenvalue weighted by Crippen LogP contribution is -2.39. The van der Waals surface area contributed by atoms with Crippen molar-refractivity contribution in [3.63, 3.8) is 0 Å². The molecule has 0 aliphatic carbocycles. The van der Waals surface area contributed by atoms with E-state index in [1.807, 2.05) is 18.0 Å². The van der Waals surface area contributed by atoms with Gasteiger partial charge in [-0.1, -0.05) is 6.92 Å².